The van der Waals surface area contributed by atoms with Gasteiger partial charge in [-0.3, -0.25) is 0 Å². The SMILES string of the molecule is CCCN(C)CCNS(C)(=O)=O. The van der Waals surface area contributed by atoms with Crippen molar-refractivity contribution in [1.82, 2.24) is 9.62 Å². The number of sulfonamides is 1. The summed E-state index contributed by atoms with van der Waals surface area (Å²) in [4.78, 5) is 2.10. The number of nitrogens with zero attached hydrogens (tertiary/aromatic N) is 1. The highest BCUT2D eigenvalue weighted by atomic mass is 32.2. The molecule has 5 heteroatoms. The molecule has 0 spiro atoms. The number of rotatable bonds is 6. The maximum atomic E-state index is 10.6. The van der Waals surface area contributed by atoms with Gasteiger partial charge in [0.15, 0.2) is 0 Å². The summed E-state index contributed by atoms with van der Waals surface area (Å²) >= 11 is 0. The molecule has 0 aliphatic rings. The Bertz CT molecular complexity index is 201. The van der Waals surface area contributed by atoms with Crippen LogP contribution >= 0.6 is 0 Å². The van der Waals surface area contributed by atoms with Crippen LogP contribution in [0.3, 0.4) is 0 Å². The minimum atomic E-state index is -3.01. The van der Waals surface area contributed by atoms with Crippen LogP contribution in [0.5, 0.6) is 0 Å². The van der Waals surface area contributed by atoms with E-state index in [4.69, 9.17) is 0 Å². The molecule has 12 heavy (non-hydrogen) atoms. The molecule has 0 atom stereocenters. The molecule has 0 rings (SSSR count). The lowest BCUT2D eigenvalue weighted by Gasteiger charge is -2.14. The summed E-state index contributed by atoms with van der Waals surface area (Å²) in [5.41, 5.74) is 0. The van der Waals surface area contributed by atoms with Crippen LogP contribution < -0.4 is 4.72 Å². The maximum Gasteiger partial charge on any atom is 0.208 e. The van der Waals surface area contributed by atoms with Gasteiger partial charge in [0.1, 0.15) is 0 Å². The molecular formula is C7H18N2O2S. The number of hydrogen-bond donors (Lipinski definition) is 1. The van der Waals surface area contributed by atoms with Crippen molar-refractivity contribution in [2.75, 3.05) is 32.9 Å². The highest BCUT2D eigenvalue weighted by molar-refractivity contribution is 7.88. The molecule has 0 saturated carbocycles. The van der Waals surface area contributed by atoms with E-state index in [2.05, 4.69) is 16.5 Å². The average molecular weight is 194 g/mol. The van der Waals surface area contributed by atoms with Gasteiger partial charge >= 0.3 is 0 Å². The fourth-order valence-corrected chi connectivity index (χ4v) is 1.38. The smallest absolute Gasteiger partial charge is 0.208 e. The summed E-state index contributed by atoms with van der Waals surface area (Å²) in [5.74, 6) is 0. The van der Waals surface area contributed by atoms with Crippen LogP contribution in [-0.4, -0.2) is 46.3 Å². The molecular weight excluding hydrogens is 176 g/mol. The highest BCUT2D eigenvalue weighted by Gasteiger charge is 2.00. The van der Waals surface area contributed by atoms with Crippen molar-refractivity contribution in [3.8, 4) is 0 Å². The van der Waals surface area contributed by atoms with Gasteiger partial charge in [-0.1, -0.05) is 6.92 Å². The van der Waals surface area contributed by atoms with Gasteiger partial charge < -0.3 is 4.90 Å². The Balaban J connectivity index is 3.44. The van der Waals surface area contributed by atoms with E-state index >= 15 is 0 Å². The quantitative estimate of drug-likeness (QED) is 0.641. The van der Waals surface area contributed by atoms with Crippen LogP contribution in [0.2, 0.25) is 0 Å². The second-order valence-electron chi connectivity index (χ2n) is 2.97. The van der Waals surface area contributed by atoms with Crippen LogP contribution in [0.1, 0.15) is 13.3 Å². The van der Waals surface area contributed by atoms with Crippen molar-refractivity contribution < 1.29 is 8.42 Å². The first-order valence-corrected chi connectivity index (χ1v) is 5.98. The van der Waals surface area contributed by atoms with Gasteiger partial charge in [0.2, 0.25) is 10.0 Å². The van der Waals surface area contributed by atoms with E-state index in [0.717, 1.165) is 19.5 Å². The first-order valence-electron chi connectivity index (χ1n) is 4.09. The van der Waals surface area contributed by atoms with Gasteiger partial charge in [0, 0.05) is 13.1 Å². The molecule has 0 aliphatic heterocycles. The third-order valence-electron chi connectivity index (χ3n) is 1.46. The van der Waals surface area contributed by atoms with Crippen molar-refractivity contribution in [2.24, 2.45) is 0 Å². The van der Waals surface area contributed by atoms with E-state index in [0.29, 0.717) is 6.54 Å². The summed E-state index contributed by atoms with van der Waals surface area (Å²) in [6.45, 7) is 4.36. The topological polar surface area (TPSA) is 49.4 Å². The predicted octanol–water partition coefficient (Wildman–Crippen LogP) is -0.123. The first kappa shape index (κ1) is 11.9. The summed E-state index contributed by atoms with van der Waals surface area (Å²) in [6, 6.07) is 0. The molecule has 0 saturated heterocycles. The van der Waals surface area contributed by atoms with Gasteiger partial charge in [0.25, 0.3) is 0 Å². The summed E-state index contributed by atoms with van der Waals surface area (Å²) in [7, 11) is -1.03. The average Bonchev–Trinajstić information content (AvgIpc) is 1.84. The van der Waals surface area contributed by atoms with E-state index in [-0.39, 0.29) is 0 Å². The Hall–Kier alpha value is -0.130. The molecule has 0 bridgehead atoms. The summed E-state index contributed by atoms with van der Waals surface area (Å²) in [6.07, 6.45) is 2.27. The van der Waals surface area contributed by atoms with Crippen molar-refractivity contribution in [1.29, 1.82) is 0 Å². The van der Waals surface area contributed by atoms with Crippen molar-refractivity contribution in [2.45, 2.75) is 13.3 Å². The van der Waals surface area contributed by atoms with Gasteiger partial charge in [-0.05, 0) is 20.0 Å². The van der Waals surface area contributed by atoms with E-state index in [1.165, 1.54) is 6.26 Å². The second kappa shape index (κ2) is 5.50. The Morgan fingerprint density at radius 2 is 1.92 bits per heavy atom. The standard InChI is InChI=1S/C7H18N2O2S/c1-4-6-9(2)7-5-8-12(3,10)11/h8H,4-7H2,1-3H3. The summed E-state index contributed by atoms with van der Waals surface area (Å²) < 4.78 is 23.7. The Kier molecular flexibility index (Phi) is 5.44. The molecule has 1 N–H and O–H groups in total. The number of hydrogen-bond acceptors (Lipinski definition) is 3. The molecule has 0 radical (unpaired) electrons. The Morgan fingerprint density at radius 3 is 2.33 bits per heavy atom. The third kappa shape index (κ3) is 7.97. The molecule has 0 aromatic heterocycles. The van der Waals surface area contributed by atoms with Gasteiger partial charge in [-0.2, -0.15) is 0 Å². The van der Waals surface area contributed by atoms with Crippen molar-refractivity contribution in [3.63, 3.8) is 0 Å². The monoisotopic (exact) mass is 194 g/mol. The number of likely N-dealkylation sites (N-methyl/N-ethyl adjacent to an activating group) is 1. The van der Waals surface area contributed by atoms with Crippen LogP contribution in [0.4, 0.5) is 0 Å². The molecule has 0 aromatic carbocycles. The van der Waals surface area contributed by atoms with E-state index in [9.17, 15) is 8.42 Å². The maximum absolute atomic E-state index is 10.6. The molecule has 0 fully saturated rings. The van der Waals surface area contributed by atoms with Crippen LogP contribution in [-0.2, 0) is 10.0 Å². The van der Waals surface area contributed by atoms with Gasteiger partial charge in [0.05, 0.1) is 6.26 Å². The number of nitrogens with one attached hydrogen (secondary N) is 1. The summed E-state index contributed by atoms with van der Waals surface area (Å²) in [5, 5.41) is 0. The minimum Gasteiger partial charge on any atom is -0.305 e. The zero-order chi connectivity index (χ0) is 9.61. The first-order chi connectivity index (χ1) is 5.45. The molecule has 0 amide bonds. The molecule has 74 valence electrons. The molecule has 0 aliphatic carbocycles. The van der Waals surface area contributed by atoms with Gasteiger partial charge in [-0.15, -0.1) is 0 Å². The normalized spacial score (nSPS) is 12.3. The molecule has 0 unspecified atom stereocenters. The predicted molar refractivity (Wildman–Crippen MR) is 50.6 cm³/mol. The van der Waals surface area contributed by atoms with Crippen LogP contribution in [0.25, 0.3) is 0 Å². The molecule has 0 aromatic rings. The zero-order valence-corrected chi connectivity index (χ0v) is 8.82. The lowest BCUT2D eigenvalue weighted by molar-refractivity contribution is 0.340. The largest absolute Gasteiger partial charge is 0.305 e. The van der Waals surface area contributed by atoms with Gasteiger partial charge in [-0.25, -0.2) is 13.1 Å². The fourth-order valence-electron chi connectivity index (χ4n) is 0.915. The third-order valence-corrected chi connectivity index (χ3v) is 2.19. The zero-order valence-electron chi connectivity index (χ0n) is 8.00. The van der Waals surface area contributed by atoms with Crippen LogP contribution in [0, 0.1) is 0 Å². The second-order valence-corrected chi connectivity index (χ2v) is 4.80. The lowest BCUT2D eigenvalue weighted by Crippen LogP contribution is -2.32. The Labute approximate surface area is 75.0 Å². The fraction of sp³-hybridized carbons (Fsp3) is 1.00. The minimum absolute atomic E-state index is 0.495. The molecule has 4 nitrogen and oxygen atoms in total. The van der Waals surface area contributed by atoms with E-state index < -0.39 is 10.0 Å². The van der Waals surface area contributed by atoms with E-state index in [1.54, 1.807) is 0 Å². The van der Waals surface area contributed by atoms with Crippen molar-refractivity contribution >= 4 is 10.0 Å². The van der Waals surface area contributed by atoms with Crippen LogP contribution in [0.15, 0.2) is 0 Å². The lowest BCUT2D eigenvalue weighted by atomic mass is 10.4. The Morgan fingerprint density at radius 1 is 1.33 bits per heavy atom. The van der Waals surface area contributed by atoms with E-state index in [1.807, 2.05) is 7.05 Å². The highest BCUT2D eigenvalue weighted by Crippen LogP contribution is 1.84. The van der Waals surface area contributed by atoms with Crippen molar-refractivity contribution in [3.05, 3.63) is 0 Å². The molecule has 0 heterocycles.